The Morgan fingerprint density at radius 3 is 2.55 bits per heavy atom. The molecule has 1 fully saturated rings. The molecule has 4 rings (SSSR count). The standard InChI is InChI=1S/C21H26ClN3O3S/c1-24-9-8-17-14-16(2-7-20(17)24)21(25-10-12-28-13-11-25)15-23-29(26,27)19-5-3-18(22)4-6-19/h2-7,14,21,23H,8-13,15H2,1H3/t21-/m0/s1. The van der Waals surface area contributed by atoms with Crippen molar-refractivity contribution in [2.75, 3.05) is 51.3 Å². The topological polar surface area (TPSA) is 61.9 Å². The zero-order valence-electron chi connectivity index (χ0n) is 16.5. The van der Waals surface area contributed by atoms with E-state index >= 15 is 0 Å². The number of benzene rings is 2. The summed E-state index contributed by atoms with van der Waals surface area (Å²) in [7, 11) is -1.51. The van der Waals surface area contributed by atoms with Gasteiger partial charge in [-0.2, -0.15) is 0 Å². The SMILES string of the molecule is CN1CCc2cc([C@H](CNS(=O)(=O)c3ccc(Cl)cc3)N3CCOCC3)ccc21. The van der Waals surface area contributed by atoms with Crippen LogP contribution in [0, 0.1) is 0 Å². The summed E-state index contributed by atoms with van der Waals surface area (Å²) in [6.07, 6.45) is 1.02. The summed E-state index contributed by atoms with van der Waals surface area (Å²) in [6, 6.07) is 12.7. The number of anilines is 1. The molecule has 0 bridgehead atoms. The second kappa shape index (κ2) is 8.62. The molecule has 1 saturated heterocycles. The molecule has 0 unspecified atom stereocenters. The average Bonchev–Trinajstić information content (AvgIpc) is 3.09. The summed E-state index contributed by atoms with van der Waals surface area (Å²) in [5, 5.41) is 0.512. The van der Waals surface area contributed by atoms with Crippen molar-refractivity contribution < 1.29 is 13.2 Å². The monoisotopic (exact) mass is 435 g/mol. The van der Waals surface area contributed by atoms with Gasteiger partial charge in [-0.1, -0.05) is 23.7 Å². The molecule has 0 radical (unpaired) electrons. The zero-order valence-corrected chi connectivity index (χ0v) is 18.0. The lowest BCUT2D eigenvalue weighted by Gasteiger charge is -2.35. The molecule has 1 atom stereocenters. The normalized spacial score (nSPS) is 18.6. The third kappa shape index (κ3) is 4.59. The lowest BCUT2D eigenvalue weighted by Crippen LogP contribution is -2.43. The first-order valence-corrected chi connectivity index (χ1v) is 11.7. The number of fused-ring (bicyclic) bond motifs is 1. The molecule has 2 aliphatic heterocycles. The Morgan fingerprint density at radius 2 is 1.83 bits per heavy atom. The minimum absolute atomic E-state index is 0.0443. The van der Waals surface area contributed by atoms with Gasteiger partial charge in [-0.3, -0.25) is 4.90 Å². The summed E-state index contributed by atoms with van der Waals surface area (Å²) in [6.45, 7) is 4.21. The van der Waals surface area contributed by atoms with Gasteiger partial charge < -0.3 is 9.64 Å². The molecular formula is C21H26ClN3O3S. The Hall–Kier alpha value is -1.64. The lowest BCUT2D eigenvalue weighted by molar-refractivity contribution is 0.0172. The molecule has 0 spiro atoms. The summed E-state index contributed by atoms with van der Waals surface area (Å²) in [4.78, 5) is 4.78. The van der Waals surface area contributed by atoms with E-state index in [1.54, 1.807) is 12.1 Å². The van der Waals surface area contributed by atoms with Gasteiger partial charge in [-0.05, 0) is 47.9 Å². The molecule has 6 nitrogen and oxygen atoms in total. The number of likely N-dealkylation sites (N-methyl/N-ethyl adjacent to an activating group) is 1. The van der Waals surface area contributed by atoms with E-state index in [1.807, 2.05) is 0 Å². The molecule has 2 heterocycles. The van der Waals surface area contributed by atoms with Gasteiger partial charge in [0.25, 0.3) is 0 Å². The van der Waals surface area contributed by atoms with E-state index < -0.39 is 10.0 Å². The van der Waals surface area contributed by atoms with Crippen LogP contribution in [0.3, 0.4) is 0 Å². The summed E-state index contributed by atoms with van der Waals surface area (Å²) >= 11 is 5.89. The molecule has 0 amide bonds. The molecule has 2 aliphatic rings. The Balaban J connectivity index is 1.57. The maximum absolute atomic E-state index is 12.8. The van der Waals surface area contributed by atoms with Crippen LogP contribution in [0.15, 0.2) is 47.4 Å². The quantitative estimate of drug-likeness (QED) is 0.755. The Morgan fingerprint density at radius 1 is 1.10 bits per heavy atom. The van der Waals surface area contributed by atoms with Gasteiger partial charge in [0.15, 0.2) is 0 Å². The number of nitrogens with zero attached hydrogens (tertiary/aromatic N) is 2. The number of sulfonamides is 1. The van der Waals surface area contributed by atoms with E-state index in [4.69, 9.17) is 16.3 Å². The molecule has 0 aliphatic carbocycles. The van der Waals surface area contributed by atoms with E-state index in [-0.39, 0.29) is 10.9 Å². The first kappa shape index (κ1) is 20.6. The highest BCUT2D eigenvalue weighted by atomic mass is 35.5. The Labute approximate surface area is 177 Å². The van der Waals surface area contributed by atoms with Gasteiger partial charge in [0.2, 0.25) is 10.0 Å². The smallest absolute Gasteiger partial charge is 0.240 e. The highest BCUT2D eigenvalue weighted by Crippen LogP contribution is 2.31. The second-order valence-electron chi connectivity index (χ2n) is 7.53. The predicted molar refractivity (Wildman–Crippen MR) is 115 cm³/mol. The van der Waals surface area contributed by atoms with E-state index in [0.29, 0.717) is 24.8 Å². The minimum Gasteiger partial charge on any atom is -0.379 e. The predicted octanol–water partition coefficient (Wildman–Crippen LogP) is 2.68. The van der Waals surface area contributed by atoms with Crippen molar-refractivity contribution in [1.82, 2.24) is 9.62 Å². The number of morpholine rings is 1. The van der Waals surface area contributed by atoms with Gasteiger partial charge in [-0.25, -0.2) is 13.1 Å². The van der Waals surface area contributed by atoms with Crippen LogP contribution < -0.4 is 9.62 Å². The number of ether oxygens (including phenoxy) is 1. The van der Waals surface area contributed by atoms with E-state index in [0.717, 1.165) is 31.6 Å². The van der Waals surface area contributed by atoms with Gasteiger partial charge in [-0.15, -0.1) is 0 Å². The van der Waals surface area contributed by atoms with Crippen LogP contribution >= 0.6 is 11.6 Å². The average molecular weight is 436 g/mol. The first-order valence-electron chi connectivity index (χ1n) is 9.85. The van der Waals surface area contributed by atoms with Crippen molar-refractivity contribution in [3.05, 3.63) is 58.6 Å². The number of rotatable bonds is 6. The van der Waals surface area contributed by atoms with Crippen molar-refractivity contribution in [2.24, 2.45) is 0 Å². The third-order valence-corrected chi connectivity index (χ3v) is 7.38. The fourth-order valence-corrected chi connectivity index (χ4v) is 5.19. The van der Waals surface area contributed by atoms with Gasteiger partial charge in [0, 0.05) is 50.0 Å². The van der Waals surface area contributed by atoms with Crippen LogP contribution in [0.5, 0.6) is 0 Å². The summed E-state index contributed by atoms with van der Waals surface area (Å²) < 4.78 is 33.9. The molecule has 2 aromatic carbocycles. The number of nitrogens with one attached hydrogen (secondary N) is 1. The van der Waals surface area contributed by atoms with E-state index in [2.05, 4.69) is 39.8 Å². The maximum atomic E-state index is 12.8. The van der Waals surface area contributed by atoms with Crippen molar-refractivity contribution in [2.45, 2.75) is 17.4 Å². The fourth-order valence-electron chi connectivity index (χ4n) is 4.03. The van der Waals surface area contributed by atoms with Crippen LogP contribution in [0.2, 0.25) is 5.02 Å². The highest BCUT2D eigenvalue weighted by molar-refractivity contribution is 7.89. The van der Waals surface area contributed by atoms with E-state index in [1.165, 1.54) is 23.4 Å². The molecule has 8 heteroatoms. The molecule has 2 aromatic rings. The number of hydrogen-bond acceptors (Lipinski definition) is 5. The Kier molecular flexibility index (Phi) is 6.13. The first-order chi connectivity index (χ1) is 13.9. The van der Waals surface area contributed by atoms with Gasteiger partial charge in [0.05, 0.1) is 18.1 Å². The van der Waals surface area contributed by atoms with Crippen LogP contribution in [0.1, 0.15) is 17.2 Å². The molecule has 156 valence electrons. The van der Waals surface area contributed by atoms with Crippen LogP contribution in [-0.4, -0.2) is 59.8 Å². The van der Waals surface area contributed by atoms with Crippen molar-refractivity contribution in [3.8, 4) is 0 Å². The fraction of sp³-hybridized carbons (Fsp3) is 0.429. The van der Waals surface area contributed by atoms with Gasteiger partial charge in [0.1, 0.15) is 0 Å². The molecule has 0 saturated carbocycles. The highest BCUT2D eigenvalue weighted by Gasteiger charge is 2.27. The number of hydrogen-bond donors (Lipinski definition) is 1. The largest absolute Gasteiger partial charge is 0.379 e. The van der Waals surface area contributed by atoms with Crippen molar-refractivity contribution in [3.63, 3.8) is 0 Å². The summed E-state index contributed by atoms with van der Waals surface area (Å²) in [5.74, 6) is 0. The van der Waals surface area contributed by atoms with Crippen molar-refractivity contribution in [1.29, 1.82) is 0 Å². The zero-order chi connectivity index (χ0) is 20.4. The van der Waals surface area contributed by atoms with Crippen LogP contribution in [-0.2, 0) is 21.2 Å². The lowest BCUT2D eigenvalue weighted by atomic mass is 10.0. The van der Waals surface area contributed by atoms with Crippen molar-refractivity contribution >= 4 is 27.3 Å². The van der Waals surface area contributed by atoms with E-state index in [9.17, 15) is 8.42 Å². The summed E-state index contributed by atoms with van der Waals surface area (Å²) in [5.41, 5.74) is 3.72. The molecular weight excluding hydrogens is 410 g/mol. The molecule has 1 N–H and O–H groups in total. The van der Waals surface area contributed by atoms with Gasteiger partial charge >= 0.3 is 0 Å². The number of halogens is 1. The second-order valence-corrected chi connectivity index (χ2v) is 9.73. The molecule has 0 aromatic heterocycles. The minimum atomic E-state index is -3.61. The van der Waals surface area contributed by atoms with Crippen LogP contribution in [0.4, 0.5) is 5.69 Å². The maximum Gasteiger partial charge on any atom is 0.240 e. The molecule has 29 heavy (non-hydrogen) atoms. The van der Waals surface area contributed by atoms with Crippen LogP contribution in [0.25, 0.3) is 0 Å². The third-order valence-electron chi connectivity index (χ3n) is 5.69. The Bertz CT molecular complexity index is 960.